The fourth-order valence-electron chi connectivity index (χ4n) is 2.95. The number of unbranched alkanes of at least 4 members (excludes halogenated alkanes) is 2. The van der Waals surface area contributed by atoms with Crippen molar-refractivity contribution in [2.45, 2.75) is 33.1 Å². The second-order valence-corrected chi connectivity index (χ2v) is 6.92. The summed E-state index contributed by atoms with van der Waals surface area (Å²) < 4.78 is 11.3. The number of carbonyl (C=O) groups is 1. The Kier molecular flexibility index (Phi) is 8.22. The van der Waals surface area contributed by atoms with Gasteiger partial charge >= 0.3 is 0 Å². The highest BCUT2D eigenvalue weighted by Gasteiger charge is 2.11. The summed E-state index contributed by atoms with van der Waals surface area (Å²) in [6.07, 6.45) is 4.87. The molecule has 3 aromatic rings. The van der Waals surface area contributed by atoms with Gasteiger partial charge in [0, 0.05) is 11.1 Å². The van der Waals surface area contributed by atoms with E-state index < -0.39 is 0 Å². The molecule has 0 unspecified atom stereocenters. The molecule has 0 fully saturated rings. The molecule has 0 aliphatic rings. The topological polar surface area (TPSA) is 88.6 Å². The third-order valence-electron chi connectivity index (χ3n) is 4.58. The molecule has 2 aromatic carbocycles. The molecule has 7 nitrogen and oxygen atoms in total. The van der Waals surface area contributed by atoms with Crippen LogP contribution in [-0.4, -0.2) is 35.5 Å². The van der Waals surface area contributed by atoms with Crippen LogP contribution in [0.15, 0.2) is 59.7 Å². The number of H-pyrrole nitrogens is 1. The van der Waals surface area contributed by atoms with Gasteiger partial charge in [-0.25, -0.2) is 5.43 Å². The largest absolute Gasteiger partial charge is 0.494 e. The molecule has 1 aromatic heterocycles. The van der Waals surface area contributed by atoms with Crippen LogP contribution in [-0.2, 0) is 0 Å². The maximum absolute atomic E-state index is 12.4. The number of aromatic nitrogens is 2. The SMILES string of the molecule is CCCCCOc1ccccc1/C=N\NC(=O)c1cc(-c2ccc(OCC)cc2)n[nH]1. The average molecular weight is 421 g/mol. The number of para-hydroxylation sites is 1. The van der Waals surface area contributed by atoms with Gasteiger partial charge in [-0.3, -0.25) is 9.89 Å². The lowest BCUT2D eigenvalue weighted by atomic mass is 10.1. The second kappa shape index (κ2) is 11.5. The zero-order valence-electron chi connectivity index (χ0n) is 17.9. The molecule has 0 radical (unpaired) electrons. The van der Waals surface area contributed by atoms with Gasteiger partial charge in [-0.15, -0.1) is 0 Å². The van der Waals surface area contributed by atoms with Crippen molar-refractivity contribution in [3.8, 4) is 22.8 Å². The van der Waals surface area contributed by atoms with Gasteiger partial charge in [-0.1, -0.05) is 31.9 Å². The van der Waals surface area contributed by atoms with Gasteiger partial charge in [-0.2, -0.15) is 10.2 Å². The summed E-state index contributed by atoms with van der Waals surface area (Å²) >= 11 is 0. The average Bonchev–Trinajstić information content (AvgIpc) is 3.29. The molecule has 1 heterocycles. The van der Waals surface area contributed by atoms with Crippen LogP contribution in [0, 0.1) is 0 Å². The summed E-state index contributed by atoms with van der Waals surface area (Å²) in [7, 11) is 0. The molecule has 1 amide bonds. The number of hydrogen-bond acceptors (Lipinski definition) is 5. The highest BCUT2D eigenvalue weighted by atomic mass is 16.5. The van der Waals surface area contributed by atoms with Crippen molar-refractivity contribution in [2.24, 2.45) is 5.10 Å². The molecule has 2 N–H and O–H groups in total. The Morgan fingerprint density at radius 2 is 1.90 bits per heavy atom. The quantitative estimate of drug-likeness (QED) is 0.265. The number of nitrogens with zero attached hydrogens (tertiary/aromatic N) is 2. The van der Waals surface area contributed by atoms with Crippen LogP contribution in [0.2, 0.25) is 0 Å². The first-order chi connectivity index (χ1) is 15.2. The Labute approximate surface area is 182 Å². The van der Waals surface area contributed by atoms with E-state index in [1.165, 1.54) is 0 Å². The van der Waals surface area contributed by atoms with Crippen LogP contribution in [0.1, 0.15) is 49.2 Å². The van der Waals surface area contributed by atoms with Gasteiger partial charge in [0.15, 0.2) is 0 Å². The highest BCUT2D eigenvalue weighted by molar-refractivity contribution is 5.94. The first-order valence-electron chi connectivity index (χ1n) is 10.5. The smallest absolute Gasteiger partial charge is 0.289 e. The van der Waals surface area contributed by atoms with Crippen LogP contribution >= 0.6 is 0 Å². The Balaban J connectivity index is 1.58. The Morgan fingerprint density at radius 1 is 1.10 bits per heavy atom. The second-order valence-electron chi connectivity index (χ2n) is 6.92. The van der Waals surface area contributed by atoms with Crippen molar-refractivity contribution in [3.05, 3.63) is 65.9 Å². The van der Waals surface area contributed by atoms with Gasteiger partial charge in [-0.05, 0) is 55.8 Å². The van der Waals surface area contributed by atoms with Crippen LogP contribution < -0.4 is 14.9 Å². The van der Waals surface area contributed by atoms with E-state index in [9.17, 15) is 4.79 Å². The monoisotopic (exact) mass is 420 g/mol. The number of benzene rings is 2. The maximum atomic E-state index is 12.4. The highest BCUT2D eigenvalue weighted by Crippen LogP contribution is 2.21. The van der Waals surface area contributed by atoms with Crippen LogP contribution in [0.25, 0.3) is 11.3 Å². The molecular weight excluding hydrogens is 392 g/mol. The predicted molar refractivity (Wildman–Crippen MR) is 122 cm³/mol. The maximum Gasteiger partial charge on any atom is 0.289 e. The first kappa shape index (κ1) is 22.1. The van der Waals surface area contributed by atoms with E-state index in [4.69, 9.17) is 9.47 Å². The number of nitrogens with one attached hydrogen (secondary N) is 2. The first-order valence-corrected chi connectivity index (χ1v) is 10.5. The number of hydrazone groups is 1. The van der Waals surface area contributed by atoms with Gasteiger partial charge in [0.2, 0.25) is 0 Å². The lowest BCUT2D eigenvalue weighted by molar-refractivity contribution is 0.0950. The van der Waals surface area contributed by atoms with Crippen LogP contribution in [0.4, 0.5) is 0 Å². The molecule has 162 valence electrons. The van der Waals surface area contributed by atoms with Gasteiger partial charge in [0.1, 0.15) is 17.2 Å². The van der Waals surface area contributed by atoms with E-state index in [1.54, 1.807) is 12.3 Å². The molecule has 0 bridgehead atoms. The minimum absolute atomic E-state index is 0.324. The summed E-state index contributed by atoms with van der Waals surface area (Å²) in [6.45, 7) is 5.37. The standard InChI is InChI=1S/C24H28N4O3/c1-3-5-8-15-31-23-10-7-6-9-19(23)17-25-28-24(29)22-16-21(26-27-22)18-11-13-20(14-12-18)30-4-2/h6-7,9-14,16-17H,3-5,8,15H2,1-2H3,(H,26,27)(H,28,29)/b25-17-. The van der Waals surface area contributed by atoms with Gasteiger partial charge in [0.05, 0.1) is 25.1 Å². The van der Waals surface area contributed by atoms with Crippen molar-refractivity contribution in [1.29, 1.82) is 0 Å². The van der Waals surface area contributed by atoms with Gasteiger partial charge in [0.25, 0.3) is 5.91 Å². The molecule has 0 aliphatic carbocycles. The molecule has 31 heavy (non-hydrogen) atoms. The minimum Gasteiger partial charge on any atom is -0.494 e. The fraction of sp³-hybridized carbons (Fsp3) is 0.292. The van der Waals surface area contributed by atoms with Crippen molar-refractivity contribution in [2.75, 3.05) is 13.2 Å². The van der Waals surface area contributed by atoms with Gasteiger partial charge < -0.3 is 9.47 Å². The lowest BCUT2D eigenvalue weighted by Crippen LogP contribution is -2.18. The molecule has 0 saturated carbocycles. The number of rotatable bonds is 11. The van der Waals surface area contributed by atoms with E-state index in [0.717, 1.165) is 41.9 Å². The van der Waals surface area contributed by atoms with Crippen molar-refractivity contribution in [1.82, 2.24) is 15.6 Å². The number of amides is 1. The number of hydrogen-bond donors (Lipinski definition) is 2. The summed E-state index contributed by atoms with van der Waals surface area (Å²) in [4.78, 5) is 12.4. The van der Waals surface area contributed by atoms with Crippen LogP contribution in [0.5, 0.6) is 11.5 Å². The van der Waals surface area contributed by atoms with E-state index in [0.29, 0.717) is 24.6 Å². The fourth-order valence-corrected chi connectivity index (χ4v) is 2.95. The molecule has 3 rings (SSSR count). The third-order valence-corrected chi connectivity index (χ3v) is 4.58. The lowest BCUT2D eigenvalue weighted by Gasteiger charge is -2.08. The number of aromatic amines is 1. The Hall–Kier alpha value is -3.61. The summed E-state index contributed by atoms with van der Waals surface area (Å²) in [5.74, 6) is 1.17. The summed E-state index contributed by atoms with van der Waals surface area (Å²) in [5, 5.41) is 11.0. The summed E-state index contributed by atoms with van der Waals surface area (Å²) in [6, 6.07) is 16.8. The van der Waals surface area contributed by atoms with E-state index in [2.05, 4.69) is 27.6 Å². The van der Waals surface area contributed by atoms with Crippen molar-refractivity contribution < 1.29 is 14.3 Å². The molecule has 0 atom stereocenters. The van der Waals surface area contributed by atoms with E-state index in [1.807, 2.05) is 55.5 Å². The number of ether oxygens (including phenoxy) is 2. The molecule has 0 aliphatic heterocycles. The predicted octanol–water partition coefficient (Wildman–Crippen LogP) is 4.81. The number of carbonyl (C=O) groups excluding carboxylic acids is 1. The van der Waals surface area contributed by atoms with Crippen molar-refractivity contribution >= 4 is 12.1 Å². The molecule has 0 spiro atoms. The van der Waals surface area contributed by atoms with Crippen molar-refractivity contribution in [3.63, 3.8) is 0 Å². The van der Waals surface area contributed by atoms with Crippen LogP contribution in [0.3, 0.4) is 0 Å². The summed E-state index contributed by atoms with van der Waals surface area (Å²) in [5.41, 5.74) is 5.21. The van der Waals surface area contributed by atoms with E-state index in [-0.39, 0.29) is 5.91 Å². The Bertz CT molecular complexity index is 996. The zero-order chi connectivity index (χ0) is 21.9. The minimum atomic E-state index is -0.373. The molecular formula is C24H28N4O3. The molecule has 0 saturated heterocycles. The molecule has 7 heteroatoms. The van der Waals surface area contributed by atoms with E-state index >= 15 is 0 Å². The zero-order valence-corrected chi connectivity index (χ0v) is 17.9. The normalized spacial score (nSPS) is 10.9. The third kappa shape index (κ3) is 6.44. The Morgan fingerprint density at radius 3 is 2.68 bits per heavy atom.